The zero-order valence-corrected chi connectivity index (χ0v) is 18.3. The van der Waals surface area contributed by atoms with E-state index < -0.39 is 21.8 Å². The molecule has 0 aliphatic carbocycles. The first kappa shape index (κ1) is 21.9. The van der Waals surface area contributed by atoms with E-state index in [9.17, 15) is 17.6 Å². The van der Waals surface area contributed by atoms with Gasteiger partial charge in [0.15, 0.2) is 0 Å². The number of hydrogen-bond acceptors (Lipinski definition) is 4. The van der Waals surface area contributed by atoms with Crippen molar-refractivity contribution in [3.8, 4) is 0 Å². The molecule has 2 atom stereocenters. The summed E-state index contributed by atoms with van der Waals surface area (Å²) in [6, 6.07) is 8.73. The maximum atomic E-state index is 13.2. The highest BCUT2D eigenvalue weighted by molar-refractivity contribution is 7.89. The van der Waals surface area contributed by atoms with Crippen LogP contribution in [0.25, 0.3) is 0 Å². The SMILES string of the molecule is CC(C)C[C@@H](NC(=O)[C@@H]1CCCN(S(=O)(=O)c2ccc(F)cc2)C1)c1cccs1. The average molecular weight is 439 g/mol. The molecule has 8 heteroatoms. The summed E-state index contributed by atoms with van der Waals surface area (Å²) in [6.07, 6.45) is 2.10. The fourth-order valence-electron chi connectivity index (χ4n) is 3.63. The molecule has 1 fully saturated rings. The molecule has 1 saturated heterocycles. The van der Waals surface area contributed by atoms with Crippen LogP contribution < -0.4 is 5.32 Å². The highest BCUT2D eigenvalue weighted by atomic mass is 32.2. The van der Waals surface area contributed by atoms with Crippen molar-refractivity contribution in [1.29, 1.82) is 0 Å². The van der Waals surface area contributed by atoms with Gasteiger partial charge in [-0.3, -0.25) is 4.79 Å². The van der Waals surface area contributed by atoms with Crippen molar-refractivity contribution in [3.05, 3.63) is 52.5 Å². The number of sulfonamides is 1. The Balaban J connectivity index is 1.70. The van der Waals surface area contributed by atoms with Crippen molar-refractivity contribution >= 4 is 27.3 Å². The van der Waals surface area contributed by atoms with Gasteiger partial charge in [0.05, 0.1) is 16.9 Å². The highest BCUT2D eigenvalue weighted by Gasteiger charge is 2.34. The second-order valence-electron chi connectivity index (χ2n) is 7.86. The van der Waals surface area contributed by atoms with E-state index in [2.05, 4.69) is 19.2 Å². The number of piperidine rings is 1. The third-order valence-electron chi connectivity index (χ3n) is 5.12. The number of rotatable bonds is 7. The van der Waals surface area contributed by atoms with E-state index in [1.165, 1.54) is 16.4 Å². The molecule has 0 bridgehead atoms. The maximum absolute atomic E-state index is 13.2. The van der Waals surface area contributed by atoms with E-state index in [4.69, 9.17) is 0 Å². The van der Waals surface area contributed by atoms with Gasteiger partial charge in [-0.15, -0.1) is 11.3 Å². The molecule has 2 aromatic rings. The second kappa shape index (κ2) is 9.36. The van der Waals surface area contributed by atoms with Crippen LogP contribution in [-0.2, 0) is 14.8 Å². The molecule has 3 rings (SSSR count). The summed E-state index contributed by atoms with van der Waals surface area (Å²) < 4.78 is 40.3. The molecule has 1 aliphatic heterocycles. The van der Waals surface area contributed by atoms with Crippen LogP contribution in [0.4, 0.5) is 4.39 Å². The van der Waals surface area contributed by atoms with E-state index in [0.717, 1.165) is 23.4 Å². The van der Waals surface area contributed by atoms with Crippen molar-refractivity contribution < 1.29 is 17.6 Å². The van der Waals surface area contributed by atoms with Crippen molar-refractivity contribution in [2.24, 2.45) is 11.8 Å². The molecule has 0 spiro atoms. The lowest BCUT2D eigenvalue weighted by Gasteiger charge is -2.32. The van der Waals surface area contributed by atoms with Crippen LogP contribution >= 0.6 is 11.3 Å². The Morgan fingerprint density at radius 1 is 1.28 bits per heavy atom. The van der Waals surface area contributed by atoms with Gasteiger partial charge in [-0.1, -0.05) is 19.9 Å². The van der Waals surface area contributed by atoms with Crippen molar-refractivity contribution in [3.63, 3.8) is 0 Å². The fraction of sp³-hybridized carbons (Fsp3) is 0.476. The smallest absolute Gasteiger partial charge is 0.243 e. The first-order chi connectivity index (χ1) is 13.8. The fourth-order valence-corrected chi connectivity index (χ4v) is 5.94. The normalized spacial score (nSPS) is 19.2. The summed E-state index contributed by atoms with van der Waals surface area (Å²) in [7, 11) is -3.75. The molecule has 5 nitrogen and oxygen atoms in total. The average Bonchev–Trinajstić information content (AvgIpc) is 3.22. The summed E-state index contributed by atoms with van der Waals surface area (Å²) in [5, 5.41) is 5.13. The number of nitrogens with one attached hydrogen (secondary N) is 1. The number of amides is 1. The van der Waals surface area contributed by atoms with Gasteiger partial charge < -0.3 is 5.32 Å². The number of nitrogens with zero attached hydrogens (tertiary/aromatic N) is 1. The van der Waals surface area contributed by atoms with Crippen LogP contribution in [0.3, 0.4) is 0 Å². The molecule has 2 heterocycles. The quantitative estimate of drug-likeness (QED) is 0.705. The van der Waals surface area contributed by atoms with E-state index in [1.807, 2.05) is 17.5 Å². The van der Waals surface area contributed by atoms with Crippen LogP contribution in [0.15, 0.2) is 46.7 Å². The number of carbonyl (C=O) groups excluding carboxylic acids is 1. The van der Waals surface area contributed by atoms with Gasteiger partial charge >= 0.3 is 0 Å². The van der Waals surface area contributed by atoms with Gasteiger partial charge in [-0.2, -0.15) is 4.31 Å². The Hall–Kier alpha value is -1.77. The molecule has 1 N–H and O–H groups in total. The standard InChI is InChI=1S/C21H27FN2O3S2/c1-15(2)13-19(20-6-4-12-28-20)23-21(25)16-5-3-11-24(14-16)29(26,27)18-9-7-17(22)8-10-18/h4,6-10,12,15-16,19H,3,5,11,13-14H2,1-2H3,(H,23,25)/t16-,19-/m1/s1. The molecular formula is C21H27FN2O3S2. The van der Waals surface area contributed by atoms with Gasteiger partial charge in [0.1, 0.15) is 5.82 Å². The lowest BCUT2D eigenvalue weighted by atomic mass is 9.97. The molecule has 29 heavy (non-hydrogen) atoms. The summed E-state index contributed by atoms with van der Waals surface area (Å²) in [5.41, 5.74) is 0. The predicted octanol–water partition coefficient (Wildman–Crippen LogP) is 4.19. The Morgan fingerprint density at radius 2 is 2.00 bits per heavy atom. The summed E-state index contributed by atoms with van der Waals surface area (Å²) in [5.74, 6) is -0.564. The third-order valence-corrected chi connectivity index (χ3v) is 7.98. The minimum absolute atomic E-state index is 0.0521. The van der Waals surface area contributed by atoms with E-state index >= 15 is 0 Å². The van der Waals surface area contributed by atoms with Crippen molar-refractivity contribution in [1.82, 2.24) is 9.62 Å². The molecule has 0 radical (unpaired) electrons. The lowest BCUT2D eigenvalue weighted by molar-refractivity contribution is -0.126. The predicted molar refractivity (Wildman–Crippen MR) is 113 cm³/mol. The van der Waals surface area contributed by atoms with Crippen LogP contribution in [0.5, 0.6) is 0 Å². The highest BCUT2D eigenvalue weighted by Crippen LogP contribution is 2.28. The van der Waals surface area contributed by atoms with Crippen LogP contribution in [0, 0.1) is 17.7 Å². The largest absolute Gasteiger partial charge is 0.348 e. The molecule has 0 saturated carbocycles. The van der Waals surface area contributed by atoms with Crippen LogP contribution in [-0.4, -0.2) is 31.7 Å². The van der Waals surface area contributed by atoms with Gasteiger partial charge in [-0.05, 0) is 60.9 Å². The topological polar surface area (TPSA) is 66.5 Å². The first-order valence-electron chi connectivity index (χ1n) is 9.87. The van der Waals surface area contributed by atoms with E-state index in [1.54, 1.807) is 11.3 Å². The summed E-state index contributed by atoms with van der Waals surface area (Å²) in [4.78, 5) is 14.1. The van der Waals surface area contributed by atoms with Gasteiger partial charge in [0.25, 0.3) is 0 Å². The van der Waals surface area contributed by atoms with E-state index in [-0.39, 0.29) is 23.4 Å². The molecule has 1 aromatic carbocycles. The molecule has 158 valence electrons. The first-order valence-corrected chi connectivity index (χ1v) is 12.2. The number of halogens is 1. The van der Waals surface area contributed by atoms with Crippen LogP contribution in [0.2, 0.25) is 0 Å². The molecule has 1 amide bonds. The number of carbonyl (C=O) groups is 1. The Kier molecular flexibility index (Phi) is 7.08. The Bertz CT molecular complexity index is 912. The molecule has 1 aromatic heterocycles. The zero-order valence-electron chi connectivity index (χ0n) is 16.7. The Morgan fingerprint density at radius 3 is 2.62 bits per heavy atom. The monoisotopic (exact) mass is 438 g/mol. The Labute approximate surface area is 176 Å². The second-order valence-corrected chi connectivity index (χ2v) is 10.8. The van der Waals surface area contributed by atoms with Gasteiger partial charge in [0, 0.05) is 18.0 Å². The maximum Gasteiger partial charge on any atom is 0.243 e. The zero-order chi connectivity index (χ0) is 21.0. The molecule has 1 aliphatic rings. The molecule has 0 unspecified atom stereocenters. The summed E-state index contributed by atoms with van der Waals surface area (Å²) >= 11 is 1.61. The van der Waals surface area contributed by atoms with E-state index in [0.29, 0.717) is 25.3 Å². The third kappa shape index (κ3) is 5.43. The minimum atomic E-state index is -3.75. The number of hydrogen-bond donors (Lipinski definition) is 1. The van der Waals surface area contributed by atoms with Crippen LogP contribution in [0.1, 0.15) is 44.0 Å². The lowest BCUT2D eigenvalue weighted by Crippen LogP contribution is -2.46. The number of thiophene rings is 1. The van der Waals surface area contributed by atoms with Crippen molar-refractivity contribution in [2.45, 2.75) is 44.0 Å². The molecular weight excluding hydrogens is 411 g/mol. The van der Waals surface area contributed by atoms with Gasteiger partial charge in [-0.25, -0.2) is 12.8 Å². The summed E-state index contributed by atoms with van der Waals surface area (Å²) in [6.45, 7) is 4.74. The number of benzene rings is 1. The van der Waals surface area contributed by atoms with Gasteiger partial charge in [0.2, 0.25) is 15.9 Å². The minimum Gasteiger partial charge on any atom is -0.348 e. The van der Waals surface area contributed by atoms with Crippen molar-refractivity contribution in [2.75, 3.05) is 13.1 Å².